The number of hydrogen-bond acceptors (Lipinski definition) is 3. The molecule has 108 valence electrons. The van der Waals surface area contributed by atoms with Gasteiger partial charge in [0.25, 0.3) is 6.43 Å². The summed E-state index contributed by atoms with van der Waals surface area (Å²) >= 11 is 8.93. The highest BCUT2D eigenvalue weighted by Crippen LogP contribution is 2.27. The van der Waals surface area contributed by atoms with E-state index in [-0.39, 0.29) is 9.92 Å². The van der Waals surface area contributed by atoms with Gasteiger partial charge in [0.05, 0.1) is 18.2 Å². The van der Waals surface area contributed by atoms with E-state index in [0.29, 0.717) is 8.78 Å². The Morgan fingerprint density at radius 3 is 2.53 bits per heavy atom. The van der Waals surface area contributed by atoms with Gasteiger partial charge in [-0.2, -0.15) is 4.31 Å². The summed E-state index contributed by atoms with van der Waals surface area (Å²) in [7, 11) is -4.17. The van der Waals surface area contributed by atoms with Gasteiger partial charge >= 0.3 is 0 Å². The highest BCUT2D eigenvalue weighted by atomic mass is 79.9. The van der Waals surface area contributed by atoms with Crippen LogP contribution in [0.3, 0.4) is 0 Å². The molecule has 0 aliphatic carbocycles. The van der Waals surface area contributed by atoms with Crippen LogP contribution in [-0.4, -0.2) is 44.0 Å². The lowest BCUT2D eigenvalue weighted by molar-refractivity contribution is 0.113. The van der Waals surface area contributed by atoms with Crippen LogP contribution in [0.1, 0.15) is 0 Å². The van der Waals surface area contributed by atoms with E-state index in [2.05, 4.69) is 15.9 Å². The van der Waals surface area contributed by atoms with E-state index < -0.39 is 36.1 Å². The minimum Gasteiger partial charge on any atom is -0.395 e. The molecule has 0 aromatic heterocycles. The van der Waals surface area contributed by atoms with Crippen molar-refractivity contribution in [3.63, 3.8) is 0 Å². The van der Waals surface area contributed by atoms with Crippen LogP contribution < -0.4 is 0 Å². The number of aliphatic hydroxyl groups is 1. The number of aliphatic hydroxyl groups excluding tert-OH is 1. The number of halogens is 4. The predicted molar refractivity (Wildman–Crippen MR) is 71.0 cm³/mol. The Morgan fingerprint density at radius 1 is 1.42 bits per heavy atom. The van der Waals surface area contributed by atoms with Gasteiger partial charge in [-0.1, -0.05) is 27.5 Å². The SMILES string of the molecule is O=S(=O)(c1ccc(Br)cc1Cl)N(CCO)CC(F)F. The van der Waals surface area contributed by atoms with Crippen molar-refractivity contribution in [1.82, 2.24) is 4.31 Å². The molecule has 0 saturated carbocycles. The molecule has 1 aromatic rings. The predicted octanol–water partition coefficient (Wildman–Crippen LogP) is 2.35. The molecule has 0 spiro atoms. The van der Waals surface area contributed by atoms with Crippen molar-refractivity contribution < 1.29 is 22.3 Å². The van der Waals surface area contributed by atoms with Crippen LogP contribution in [0.5, 0.6) is 0 Å². The van der Waals surface area contributed by atoms with Crippen LogP contribution in [0, 0.1) is 0 Å². The van der Waals surface area contributed by atoms with Crippen molar-refractivity contribution in [1.29, 1.82) is 0 Å². The van der Waals surface area contributed by atoms with Gasteiger partial charge in [-0.3, -0.25) is 0 Å². The molecule has 0 atom stereocenters. The molecule has 0 bridgehead atoms. The lowest BCUT2D eigenvalue weighted by Gasteiger charge is -2.21. The third kappa shape index (κ3) is 4.35. The molecule has 19 heavy (non-hydrogen) atoms. The zero-order valence-electron chi connectivity index (χ0n) is 9.56. The Balaban J connectivity index is 3.18. The van der Waals surface area contributed by atoms with Gasteiger partial charge < -0.3 is 5.11 Å². The van der Waals surface area contributed by atoms with E-state index in [4.69, 9.17) is 16.7 Å². The molecule has 9 heteroatoms. The number of rotatable bonds is 6. The van der Waals surface area contributed by atoms with Crippen LogP contribution in [0.4, 0.5) is 8.78 Å². The highest BCUT2D eigenvalue weighted by Gasteiger charge is 2.28. The van der Waals surface area contributed by atoms with Gasteiger partial charge in [-0.15, -0.1) is 0 Å². The van der Waals surface area contributed by atoms with Gasteiger partial charge in [0.2, 0.25) is 10.0 Å². The third-order valence-corrected chi connectivity index (χ3v) is 5.04. The van der Waals surface area contributed by atoms with Crippen molar-refractivity contribution in [3.05, 3.63) is 27.7 Å². The maximum Gasteiger partial charge on any atom is 0.252 e. The molecule has 0 radical (unpaired) electrons. The van der Waals surface area contributed by atoms with Crippen LogP contribution in [-0.2, 0) is 10.0 Å². The summed E-state index contributed by atoms with van der Waals surface area (Å²) in [6.07, 6.45) is -2.84. The van der Waals surface area contributed by atoms with Crippen LogP contribution in [0.15, 0.2) is 27.6 Å². The molecule has 1 rings (SSSR count). The Kier molecular flexibility index (Phi) is 6.13. The zero-order chi connectivity index (χ0) is 14.6. The monoisotopic (exact) mass is 377 g/mol. The van der Waals surface area contributed by atoms with Gasteiger partial charge in [0.1, 0.15) is 4.90 Å². The molecule has 4 nitrogen and oxygen atoms in total. The van der Waals surface area contributed by atoms with E-state index in [9.17, 15) is 17.2 Å². The average molecular weight is 379 g/mol. The molecular weight excluding hydrogens is 368 g/mol. The summed E-state index contributed by atoms with van der Waals surface area (Å²) in [6.45, 7) is -1.96. The smallest absolute Gasteiger partial charge is 0.252 e. The van der Waals surface area contributed by atoms with E-state index in [0.717, 1.165) is 0 Å². The molecule has 0 heterocycles. The Bertz CT molecular complexity index is 542. The second kappa shape index (κ2) is 6.94. The van der Waals surface area contributed by atoms with Crippen molar-refractivity contribution >= 4 is 37.6 Å². The number of nitrogens with zero attached hydrogens (tertiary/aromatic N) is 1. The van der Waals surface area contributed by atoms with Crippen molar-refractivity contribution in [2.45, 2.75) is 11.3 Å². The molecule has 0 saturated heterocycles. The first-order chi connectivity index (χ1) is 8.78. The lowest BCUT2D eigenvalue weighted by atomic mass is 10.4. The van der Waals surface area contributed by atoms with Gasteiger partial charge in [-0.25, -0.2) is 17.2 Å². The standard InChI is InChI=1S/C10H11BrClF2NO3S/c11-7-1-2-9(8(12)5-7)19(17,18)15(3-4-16)6-10(13)14/h1-2,5,10,16H,3-4,6H2. The lowest BCUT2D eigenvalue weighted by Crippen LogP contribution is -2.37. The van der Waals surface area contributed by atoms with E-state index in [1.54, 1.807) is 0 Å². The second-order valence-corrected chi connectivity index (χ2v) is 6.78. The average Bonchev–Trinajstić information content (AvgIpc) is 2.27. The Hall–Kier alpha value is -0.280. The maximum absolute atomic E-state index is 12.4. The largest absolute Gasteiger partial charge is 0.395 e. The minimum atomic E-state index is -4.17. The van der Waals surface area contributed by atoms with Crippen LogP contribution in [0.2, 0.25) is 5.02 Å². The minimum absolute atomic E-state index is 0.0772. The van der Waals surface area contributed by atoms with Crippen LogP contribution >= 0.6 is 27.5 Å². The van der Waals surface area contributed by atoms with E-state index in [1.165, 1.54) is 18.2 Å². The van der Waals surface area contributed by atoms with Crippen LogP contribution in [0.25, 0.3) is 0 Å². The van der Waals surface area contributed by atoms with E-state index >= 15 is 0 Å². The molecule has 0 unspecified atom stereocenters. The summed E-state index contributed by atoms with van der Waals surface area (Å²) in [6, 6.07) is 4.02. The van der Waals surface area contributed by atoms with Crippen molar-refractivity contribution in [2.24, 2.45) is 0 Å². The summed E-state index contributed by atoms with van der Waals surface area (Å²) < 4.78 is 50.2. The number of benzene rings is 1. The number of hydrogen-bond donors (Lipinski definition) is 1. The van der Waals surface area contributed by atoms with Gasteiger partial charge in [0.15, 0.2) is 0 Å². The highest BCUT2D eigenvalue weighted by molar-refractivity contribution is 9.10. The number of alkyl halides is 2. The fourth-order valence-electron chi connectivity index (χ4n) is 1.40. The third-order valence-electron chi connectivity index (χ3n) is 2.20. The number of sulfonamides is 1. The molecule has 0 fully saturated rings. The summed E-state index contributed by atoms with van der Waals surface area (Å²) in [5.41, 5.74) is 0. The van der Waals surface area contributed by atoms with Gasteiger partial charge in [0, 0.05) is 11.0 Å². The molecule has 0 amide bonds. The normalized spacial score (nSPS) is 12.4. The first-order valence-electron chi connectivity index (χ1n) is 5.13. The van der Waals surface area contributed by atoms with Gasteiger partial charge in [-0.05, 0) is 18.2 Å². The quantitative estimate of drug-likeness (QED) is 0.827. The molecular formula is C10H11BrClF2NO3S. The first kappa shape index (κ1) is 16.8. The Morgan fingerprint density at radius 2 is 2.05 bits per heavy atom. The van der Waals surface area contributed by atoms with Crippen molar-refractivity contribution in [3.8, 4) is 0 Å². The molecule has 0 aliphatic rings. The molecule has 0 aliphatic heterocycles. The topological polar surface area (TPSA) is 57.6 Å². The maximum atomic E-state index is 12.4. The second-order valence-electron chi connectivity index (χ2n) is 3.55. The summed E-state index contributed by atoms with van der Waals surface area (Å²) in [5, 5.41) is 8.70. The Labute approximate surface area is 123 Å². The molecule has 1 aromatic carbocycles. The van der Waals surface area contributed by atoms with Crippen molar-refractivity contribution in [2.75, 3.05) is 19.7 Å². The summed E-state index contributed by atoms with van der Waals surface area (Å²) in [5.74, 6) is 0. The first-order valence-corrected chi connectivity index (χ1v) is 7.74. The van der Waals surface area contributed by atoms with E-state index in [1.807, 2.05) is 0 Å². The molecule has 1 N–H and O–H groups in total. The zero-order valence-corrected chi connectivity index (χ0v) is 12.7. The summed E-state index contributed by atoms with van der Waals surface area (Å²) in [4.78, 5) is -0.272. The fourth-order valence-corrected chi connectivity index (χ4v) is 3.82. The fraction of sp³-hybridized carbons (Fsp3) is 0.400.